The lowest BCUT2D eigenvalue weighted by Gasteiger charge is -1.99. The molecule has 0 aliphatic carbocycles. The number of aryl methyl sites for hydroxylation is 2. The fraction of sp³-hybridized carbons (Fsp3) is 0.231. The standard InChI is InChI=1S/C13H13NOS/c1-9-3-5-11(6-4-9)12(15)7-13-14-8-10(2)16-13/h3-6,8H,7H2,1-2H3. The van der Waals surface area contributed by atoms with Crippen LogP contribution >= 0.6 is 11.3 Å². The molecule has 0 aliphatic rings. The summed E-state index contributed by atoms with van der Waals surface area (Å²) in [6.07, 6.45) is 2.21. The van der Waals surface area contributed by atoms with Crippen LogP contribution < -0.4 is 0 Å². The Morgan fingerprint density at radius 1 is 1.25 bits per heavy atom. The quantitative estimate of drug-likeness (QED) is 0.759. The van der Waals surface area contributed by atoms with Gasteiger partial charge in [-0.15, -0.1) is 11.3 Å². The second kappa shape index (κ2) is 4.58. The summed E-state index contributed by atoms with van der Waals surface area (Å²) in [5.41, 5.74) is 1.93. The number of rotatable bonds is 3. The molecule has 0 N–H and O–H groups in total. The molecule has 0 radical (unpaired) electrons. The summed E-state index contributed by atoms with van der Waals surface area (Å²) < 4.78 is 0. The average molecular weight is 231 g/mol. The third-order valence-electron chi connectivity index (χ3n) is 2.35. The molecule has 0 unspecified atom stereocenters. The molecule has 0 saturated heterocycles. The number of hydrogen-bond acceptors (Lipinski definition) is 3. The van der Waals surface area contributed by atoms with Crippen molar-refractivity contribution in [1.82, 2.24) is 4.98 Å². The molecule has 16 heavy (non-hydrogen) atoms. The highest BCUT2D eigenvalue weighted by molar-refractivity contribution is 7.11. The van der Waals surface area contributed by atoms with E-state index in [0.717, 1.165) is 15.4 Å². The van der Waals surface area contributed by atoms with Crippen LogP contribution in [-0.2, 0) is 6.42 Å². The molecular weight excluding hydrogens is 218 g/mol. The van der Waals surface area contributed by atoms with Crippen LogP contribution in [0.3, 0.4) is 0 Å². The molecule has 0 spiro atoms. The van der Waals surface area contributed by atoms with Crippen molar-refractivity contribution in [3.63, 3.8) is 0 Å². The molecule has 2 aromatic rings. The molecule has 0 aliphatic heterocycles. The molecular formula is C13H13NOS. The molecule has 1 aromatic carbocycles. The third-order valence-corrected chi connectivity index (χ3v) is 3.27. The highest BCUT2D eigenvalue weighted by atomic mass is 32.1. The van der Waals surface area contributed by atoms with Crippen molar-refractivity contribution >= 4 is 17.1 Å². The highest BCUT2D eigenvalue weighted by Gasteiger charge is 2.09. The van der Waals surface area contributed by atoms with Gasteiger partial charge in [0, 0.05) is 16.6 Å². The van der Waals surface area contributed by atoms with Crippen LogP contribution in [0.5, 0.6) is 0 Å². The molecule has 0 atom stereocenters. The summed E-state index contributed by atoms with van der Waals surface area (Å²) in [6, 6.07) is 7.66. The Bertz CT molecular complexity index is 499. The van der Waals surface area contributed by atoms with E-state index >= 15 is 0 Å². The van der Waals surface area contributed by atoms with Crippen LogP contribution in [0.1, 0.15) is 25.8 Å². The van der Waals surface area contributed by atoms with E-state index in [2.05, 4.69) is 4.98 Å². The van der Waals surface area contributed by atoms with Crippen molar-refractivity contribution in [2.45, 2.75) is 20.3 Å². The summed E-state index contributed by atoms with van der Waals surface area (Å²) in [5.74, 6) is 0.134. The Morgan fingerprint density at radius 2 is 1.94 bits per heavy atom. The molecule has 1 aromatic heterocycles. The van der Waals surface area contributed by atoms with Crippen LogP contribution in [0.2, 0.25) is 0 Å². The zero-order valence-electron chi connectivity index (χ0n) is 9.36. The zero-order chi connectivity index (χ0) is 11.5. The average Bonchev–Trinajstić information content (AvgIpc) is 2.65. The first-order valence-corrected chi connectivity index (χ1v) is 5.98. The number of carbonyl (C=O) groups excluding carboxylic acids is 1. The molecule has 3 heteroatoms. The summed E-state index contributed by atoms with van der Waals surface area (Å²) in [6.45, 7) is 4.01. The van der Waals surface area contributed by atoms with Crippen LogP contribution in [0.4, 0.5) is 0 Å². The van der Waals surface area contributed by atoms with Gasteiger partial charge in [-0.05, 0) is 13.8 Å². The molecule has 82 valence electrons. The minimum absolute atomic E-state index is 0.134. The third kappa shape index (κ3) is 2.55. The predicted octanol–water partition coefficient (Wildman–Crippen LogP) is 3.19. The number of thiazole rings is 1. The van der Waals surface area contributed by atoms with Crippen LogP contribution in [-0.4, -0.2) is 10.8 Å². The molecule has 0 saturated carbocycles. The molecule has 0 fully saturated rings. The summed E-state index contributed by atoms with van der Waals surface area (Å²) >= 11 is 1.58. The Kier molecular flexibility index (Phi) is 3.15. The van der Waals surface area contributed by atoms with Gasteiger partial charge >= 0.3 is 0 Å². The Hall–Kier alpha value is -1.48. The van der Waals surface area contributed by atoms with Crippen molar-refractivity contribution in [2.75, 3.05) is 0 Å². The van der Waals surface area contributed by atoms with Gasteiger partial charge in [0.15, 0.2) is 5.78 Å². The first kappa shape index (κ1) is 11.0. The van der Waals surface area contributed by atoms with Gasteiger partial charge in [-0.3, -0.25) is 4.79 Å². The Labute approximate surface area is 99.0 Å². The smallest absolute Gasteiger partial charge is 0.169 e. The van der Waals surface area contributed by atoms with E-state index in [1.807, 2.05) is 44.3 Å². The number of Topliss-reactive ketones (excluding diaryl/α,β-unsaturated/α-hetero) is 1. The number of hydrogen-bond donors (Lipinski definition) is 0. The van der Waals surface area contributed by atoms with Gasteiger partial charge < -0.3 is 0 Å². The predicted molar refractivity (Wildman–Crippen MR) is 66.1 cm³/mol. The van der Waals surface area contributed by atoms with E-state index in [1.54, 1.807) is 11.3 Å². The van der Waals surface area contributed by atoms with Gasteiger partial charge in [0.05, 0.1) is 6.42 Å². The Morgan fingerprint density at radius 3 is 2.50 bits per heavy atom. The lowest BCUT2D eigenvalue weighted by Crippen LogP contribution is -2.02. The van der Waals surface area contributed by atoms with Gasteiger partial charge in [-0.25, -0.2) is 4.98 Å². The fourth-order valence-corrected chi connectivity index (χ4v) is 2.25. The number of nitrogens with zero attached hydrogens (tertiary/aromatic N) is 1. The zero-order valence-corrected chi connectivity index (χ0v) is 10.2. The van der Waals surface area contributed by atoms with E-state index in [4.69, 9.17) is 0 Å². The van der Waals surface area contributed by atoms with Crippen LogP contribution in [0.25, 0.3) is 0 Å². The van der Waals surface area contributed by atoms with Crippen molar-refractivity contribution in [3.05, 3.63) is 51.5 Å². The van der Waals surface area contributed by atoms with Crippen molar-refractivity contribution in [1.29, 1.82) is 0 Å². The van der Waals surface area contributed by atoms with Crippen molar-refractivity contribution < 1.29 is 4.79 Å². The van der Waals surface area contributed by atoms with Gasteiger partial charge in [0.2, 0.25) is 0 Å². The monoisotopic (exact) mass is 231 g/mol. The minimum Gasteiger partial charge on any atom is -0.294 e. The highest BCUT2D eigenvalue weighted by Crippen LogP contribution is 2.14. The first-order chi connectivity index (χ1) is 7.65. The van der Waals surface area contributed by atoms with E-state index in [1.165, 1.54) is 5.56 Å². The van der Waals surface area contributed by atoms with Crippen LogP contribution in [0.15, 0.2) is 30.5 Å². The maximum Gasteiger partial charge on any atom is 0.169 e. The first-order valence-electron chi connectivity index (χ1n) is 5.16. The van der Waals surface area contributed by atoms with Gasteiger partial charge in [-0.2, -0.15) is 0 Å². The summed E-state index contributed by atoms with van der Waals surface area (Å²) in [5, 5.41) is 0.892. The van der Waals surface area contributed by atoms with Crippen LogP contribution in [0, 0.1) is 13.8 Å². The van der Waals surface area contributed by atoms with Crippen molar-refractivity contribution in [2.24, 2.45) is 0 Å². The maximum absolute atomic E-state index is 11.9. The maximum atomic E-state index is 11.9. The molecule has 0 bridgehead atoms. The van der Waals surface area contributed by atoms with E-state index in [0.29, 0.717) is 6.42 Å². The van der Waals surface area contributed by atoms with E-state index < -0.39 is 0 Å². The second-order valence-electron chi connectivity index (χ2n) is 3.83. The molecule has 2 nitrogen and oxygen atoms in total. The lowest BCUT2D eigenvalue weighted by atomic mass is 10.1. The van der Waals surface area contributed by atoms with Gasteiger partial charge in [0.25, 0.3) is 0 Å². The Balaban J connectivity index is 2.11. The normalized spacial score (nSPS) is 10.4. The van der Waals surface area contributed by atoms with Gasteiger partial charge in [-0.1, -0.05) is 29.8 Å². The summed E-state index contributed by atoms with van der Waals surface area (Å²) in [4.78, 5) is 17.2. The number of carbonyl (C=O) groups is 1. The number of ketones is 1. The molecule has 0 amide bonds. The van der Waals surface area contributed by atoms with Gasteiger partial charge in [0.1, 0.15) is 5.01 Å². The van der Waals surface area contributed by atoms with Crippen molar-refractivity contribution in [3.8, 4) is 0 Å². The largest absolute Gasteiger partial charge is 0.294 e. The number of aromatic nitrogens is 1. The molecule has 1 heterocycles. The fourth-order valence-electron chi connectivity index (χ4n) is 1.46. The topological polar surface area (TPSA) is 30.0 Å². The lowest BCUT2D eigenvalue weighted by molar-refractivity contribution is 0.0993. The van der Waals surface area contributed by atoms with E-state index in [-0.39, 0.29) is 5.78 Å². The van der Waals surface area contributed by atoms with E-state index in [9.17, 15) is 4.79 Å². The minimum atomic E-state index is 0.134. The SMILES string of the molecule is Cc1ccc(C(=O)Cc2ncc(C)s2)cc1. The second-order valence-corrected chi connectivity index (χ2v) is 5.15. The molecule has 2 rings (SSSR count). The summed E-state index contributed by atoms with van der Waals surface area (Å²) in [7, 11) is 0. The number of benzene rings is 1.